The molecule has 0 aromatic carbocycles. The molecule has 0 saturated carbocycles. The van der Waals surface area contributed by atoms with Crippen molar-refractivity contribution in [2.75, 3.05) is 30.4 Å². The van der Waals surface area contributed by atoms with E-state index < -0.39 is 0 Å². The van der Waals surface area contributed by atoms with Gasteiger partial charge in [-0.25, -0.2) is 4.98 Å². The van der Waals surface area contributed by atoms with E-state index in [9.17, 15) is 0 Å². The number of hydrogen-bond donors (Lipinski definition) is 2. The van der Waals surface area contributed by atoms with Gasteiger partial charge in [0.25, 0.3) is 0 Å². The standard InChI is InChI=1S/C10H16N4O2/c1-7-6-16-8(5-15)4-14(7)10-12-3-2-9(11)13-10/h2-3,7-8,15H,4-6H2,1H3,(H2,11,12,13). The molecule has 88 valence electrons. The van der Waals surface area contributed by atoms with Gasteiger partial charge in [0.2, 0.25) is 5.95 Å². The molecular formula is C10H16N4O2. The number of aliphatic hydroxyl groups excluding tert-OH is 1. The first-order valence-corrected chi connectivity index (χ1v) is 5.28. The summed E-state index contributed by atoms with van der Waals surface area (Å²) in [4.78, 5) is 10.4. The molecule has 1 aromatic heterocycles. The molecule has 0 bridgehead atoms. The van der Waals surface area contributed by atoms with Crippen molar-refractivity contribution in [3.63, 3.8) is 0 Å². The molecule has 16 heavy (non-hydrogen) atoms. The second-order valence-corrected chi connectivity index (χ2v) is 3.92. The van der Waals surface area contributed by atoms with E-state index in [1.54, 1.807) is 12.3 Å². The van der Waals surface area contributed by atoms with Gasteiger partial charge in [0.1, 0.15) is 5.82 Å². The highest BCUT2D eigenvalue weighted by Gasteiger charge is 2.27. The summed E-state index contributed by atoms with van der Waals surface area (Å²) in [5.41, 5.74) is 5.62. The molecule has 1 fully saturated rings. The van der Waals surface area contributed by atoms with Crippen LogP contribution < -0.4 is 10.6 Å². The van der Waals surface area contributed by atoms with Crippen LogP contribution in [0.2, 0.25) is 0 Å². The van der Waals surface area contributed by atoms with Crippen molar-refractivity contribution in [1.29, 1.82) is 0 Å². The van der Waals surface area contributed by atoms with Gasteiger partial charge in [-0.3, -0.25) is 0 Å². The Morgan fingerprint density at radius 3 is 3.19 bits per heavy atom. The summed E-state index contributed by atoms with van der Waals surface area (Å²) >= 11 is 0. The van der Waals surface area contributed by atoms with E-state index in [1.807, 2.05) is 11.8 Å². The summed E-state index contributed by atoms with van der Waals surface area (Å²) in [5, 5.41) is 9.08. The lowest BCUT2D eigenvalue weighted by atomic mass is 10.2. The monoisotopic (exact) mass is 224 g/mol. The minimum Gasteiger partial charge on any atom is -0.394 e. The van der Waals surface area contributed by atoms with Crippen molar-refractivity contribution in [2.45, 2.75) is 19.1 Å². The lowest BCUT2D eigenvalue weighted by Gasteiger charge is -2.37. The predicted molar refractivity (Wildman–Crippen MR) is 60.1 cm³/mol. The number of morpholine rings is 1. The maximum Gasteiger partial charge on any atom is 0.227 e. The lowest BCUT2D eigenvalue weighted by molar-refractivity contribution is -0.0108. The average molecular weight is 224 g/mol. The van der Waals surface area contributed by atoms with E-state index in [0.29, 0.717) is 24.9 Å². The minimum absolute atomic E-state index is 0.00549. The molecular weight excluding hydrogens is 208 g/mol. The number of aliphatic hydroxyl groups is 1. The largest absolute Gasteiger partial charge is 0.394 e. The van der Waals surface area contributed by atoms with E-state index in [1.165, 1.54) is 0 Å². The second kappa shape index (κ2) is 4.63. The molecule has 2 rings (SSSR count). The van der Waals surface area contributed by atoms with Crippen LogP contribution in [0.1, 0.15) is 6.92 Å². The quantitative estimate of drug-likeness (QED) is 0.714. The molecule has 0 amide bonds. The fraction of sp³-hybridized carbons (Fsp3) is 0.600. The normalized spacial score (nSPS) is 25.8. The summed E-state index contributed by atoms with van der Waals surface area (Å²) in [6, 6.07) is 1.84. The Kier molecular flexibility index (Phi) is 3.21. The molecule has 1 aliphatic rings. The van der Waals surface area contributed by atoms with Crippen molar-refractivity contribution in [3.05, 3.63) is 12.3 Å². The molecule has 0 aliphatic carbocycles. The fourth-order valence-electron chi connectivity index (χ4n) is 1.71. The van der Waals surface area contributed by atoms with E-state index in [-0.39, 0.29) is 18.8 Å². The first kappa shape index (κ1) is 11.1. The lowest BCUT2D eigenvalue weighted by Crippen LogP contribution is -2.50. The molecule has 0 spiro atoms. The molecule has 3 N–H and O–H groups in total. The zero-order valence-corrected chi connectivity index (χ0v) is 9.21. The molecule has 1 aromatic rings. The molecule has 2 heterocycles. The van der Waals surface area contributed by atoms with Crippen molar-refractivity contribution in [2.24, 2.45) is 0 Å². The highest BCUT2D eigenvalue weighted by Crippen LogP contribution is 2.18. The zero-order valence-electron chi connectivity index (χ0n) is 9.21. The van der Waals surface area contributed by atoms with Crippen LogP contribution in [0.25, 0.3) is 0 Å². The Hall–Kier alpha value is -1.40. The number of nitrogens with zero attached hydrogens (tertiary/aromatic N) is 3. The van der Waals surface area contributed by atoms with Crippen molar-refractivity contribution in [3.8, 4) is 0 Å². The van der Waals surface area contributed by atoms with Crippen LogP contribution in [0.5, 0.6) is 0 Å². The fourth-order valence-corrected chi connectivity index (χ4v) is 1.71. The van der Waals surface area contributed by atoms with Crippen LogP contribution in [0, 0.1) is 0 Å². The van der Waals surface area contributed by atoms with Crippen LogP contribution in [0.3, 0.4) is 0 Å². The van der Waals surface area contributed by atoms with Gasteiger partial charge in [-0.2, -0.15) is 4.98 Å². The Balaban J connectivity index is 2.17. The van der Waals surface area contributed by atoms with Gasteiger partial charge in [0, 0.05) is 12.7 Å². The molecule has 1 aliphatic heterocycles. The van der Waals surface area contributed by atoms with Gasteiger partial charge in [-0.15, -0.1) is 0 Å². The zero-order chi connectivity index (χ0) is 11.5. The predicted octanol–water partition coefficient (Wildman–Crippen LogP) is -0.355. The number of anilines is 2. The number of nitrogen functional groups attached to an aromatic ring is 1. The first-order chi connectivity index (χ1) is 7.70. The highest BCUT2D eigenvalue weighted by molar-refractivity contribution is 5.39. The third kappa shape index (κ3) is 2.23. The third-order valence-corrected chi connectivity index (χ3v) is 2.63. The molecule has 6 heteroatoms. The third-order valence-electron chi connectivity index (χ3n) is 2.63. The number of aromatic nitrogens is 2. The Labute approximate surface area is 94.1 Å². The molecule has 6 nitrogen and oxygen atoms in total. The molecule has 2 atom stereocenters. The topological polar surface area (TPSA) is 84.5 Å². The van der Waals surface area contributed by atoms with Crippen LogP contribution in [-0.4, -0.2) is 47.0 Å². The summed E-state index contributed by atoms with van der Waals surface area (Å²) in [6.45, 7) is 3.18. The molecule has 1 saturated heterocycles. The number of rotatable bonds is 2. The van der Waals surface area contributed by atoms with Crippen LogP contribution in [-0.2, 0) is 4.74 Å². The van der Waals surface area contributed by atoms with Gasteiger partial charge in [0.05, 0.1) is 25.4 Å². The van der Waals surface area contributed by atoms with Gasteiger partial charge in [-0.05, 0) is 13.0 Å². The summed E-state index contributed by atoms with van der Waals surface area (Å²) in [6.07, 6.45) is 1.45. The van der Waals surface area contributed by atoms with Crippen molar-refractivity contribution < 1.29 is 9.84 Å². The summed E-state index contributed by atoms with van der Waals surface area (Å²) < 4.78 is 5.44. The van der Waals surface area contributed by atoms with Crippen molar-refractivity contribution >= 4 is 11.8 Å². The van der Waals surface area contributed by atoms with Crippen LogP contribution in [0.4, 0.5) is 11.8 Å². The Morgan fingerprint density at radius 2 is 2.50 bits per heavy atom. The Morgan fingerprint density at radius 1 is 1.69 bits per heavy atom. The second-order valence-electron chi connectivity index (χ2n) is 3.92. The van der Waals surface area contributed by atoms with E-state index in [2.05, 4.69) is 9.97 Å². The average Bonchev–Trinajstić information content (AvgIpc) is 2.30. The highest BCUT2D eigenvalue weighted by atomic mass is 16.5. The maximum atomic E-state index is 9.08. The van der Waals surface area contributed by atoms with Gasteiger partial charge in [-0.1, -0.05) is 0 Å². The smallest absolute Gasteiger partial charge is 0.227 e. The molecule has 2 unspecified atom stereocenters. The van der Waals surface area contributed by atoms with E-state index >= 15 is 0 Å². The maximum absolute atomic E-state index is 9.08. The first-order valence-electron chi connectivity index (χ1n) is 5.28. The number of hydrogen-bond acceptors (Lipinski definition) is 6. The Bertz CT molecular complexity index is 360. The number of ether oxygens (including phenoxy) is 1. The SMILES string of the molecule is CC1COC(CO)CN1c1nccc(N)n1. The van der Waals surface area contributed by atoms with Crippen LogP contribution in [0.15, 0.2) is 12.3 Å². The van der Waals surface area contributed by atoms with Crippen LogP contribution >= 0.6 is 0 Å². The van der Waals surface area contributed by atoms with E-state index in [0.717, 1.165) is 0 Å². The minimum atomic E-state index is -0.179. The summed E-state index contributed by atoms with van der Waals surface area (Å²) in [7, 11) is 0. The summed E-state index contributed by atoms with van der Waals surface area (Å²) in [5.74, 6) is 1.04. The van der Waals surface area contributed by atoms with Crippen molar-refractivity contribution in [1.82, 2.24) is 9.97 Å². The van der Waals surface area contributed by atoms with Gasteiger partial charge in [0.15, 0.2) is 0 Å². The van der Waals surface area contributed by atoms with E-state index in [4.69, 9.17) is 15.6 Å². The molecule has 0 radical (unpaired) electrons. The number of nitrogens with two attached hydrogens (primary N) is 1. The van der Waals surface area contributed by atoms with Gasteiger partial charge < -0.3 is 20.5 Å². The van der Waals surface area contributed by atoms with Gasteiger partial charge >= 0.3 is 0 Å².